The number of nitrogens with zero attached hydrogens (tertiary/aromatic N) is 2. The van der Waals surface area contributed by atoms with Gasteiger partial charge in [-0.2, -0.15) is 0 Å². The van der Waals surface area contributed by atoms with Crippen LogP contribution < -0.4 is 5.32 Å². The fraction of sp³-hybridized carbons (Fsp3) is 0.550. The van der Waals surface area contributed by atoms with Gasteiger partial charge in [-0.15, -0.1) is 0 Å². The molecule has 4 rings (SSSR count). The summed E-state index contributed by atoms with van der Waals surface area (Å²) >= 11 is 12.4. The van der Waals surface area contributed by atoms with Crippen LogP contribution in [0.15, 0.2) is 12.1 Å². The van der Waals surface area contributed by atoms with Gasteiger partial charge in [0.05, 0.1) is 37.9 Å². The summed E-state index contributed by atoms with van der Waals surface area (Å²) < 4.78 is 0. The molecule has 1 fully saturated rings. The Hall–Kier alpha value is -1.39. The van der Waals surface area contributed by atoms with Gasteiger partial charge in [-0.1, -0.05) is 44.0 Å². The second-order valence-corrected chi connectivity index (χ2v) is 9.48. The van der Waals surface area contributed by atoms with Crippen molar-refractivity contribution in [2.45, 2.75) is 64.3 Å². The Kier molecular flexibility index (Phi) is 3.69. The second kappa shape index (κ2) is 5.32. The molecule has 0 radical (unpaired) electrons. The van der Waals surface area contributed by atoms with E-state index in [1.165, 1.54) is 0 Å². The van der Waals surface area contributed by atoms with Crippen LogP contribution in [0.2, 0.25) is 10.0 Å². The molecule has 0 aliphatic heterocycles. The lowest BCUT2D eigenvalue weighted by Gasteiger charge is -2.39. The lowest BCUT2D eigenvalue weighted by molar-refractivity contribution is -0.131. The predicted molar refractivity (Wildman–Crippen MR) is 105 cm³/mol. The van der Waals surface area contributed by atoms with Crippen LogP contribution >= 0.6 is 23.2 Å². The van der Waals surface area contributed by atoms with Gasteiger partial charge in [0.15, 0.2) is 0 Å². The maximum Gasteiger partial charge on any atom is 0.233 e. The largest absolute Gasteiger partial charge is 0.353 e. The first-order valence-electron chi connectivity index (χ1n) is 9.03. The SMILES string of the molecule is CC(C)NC(=O)[C@]12CC[C@](C)(c3nc4cc(Cl)c(Cl)cc4nc31)C2(C)C. The van der Waals surface area contributed by atoms with Crippen molar-refractivity contribution in [2.24, 2.45) is 5.41 Å². The van der Waals surface area contributed by atoms with Crippen LogP contribution in [0.5, 0.6) is 0 Å². The van der Waals surface area contributed by atoms with Crippen molar-refractivity contribution >= 4 is 40.1 Å². The number of hydrogen-bond donors (Lipinski definition) is 1. The highest BCUT2D eigenvalue weighted by Gasteiger charge is 2.73. The Balaban J connectivity index is 2.03. The number of aromatic nitrogens is 2. The van der Waals surface area contributed by atoms with E-state index in [1.807, 2.05) is 13.8 Å². The van der Waals surface area contributed by atoms with Crippen molar-refractivity contribution in [2.75, 3.05) is 0 Å². The lowest BCUT2D eigenvalue weighted by atomic mass is 9.63. The summed E-state index contributed by atoms with van der Waals surface area (Å²) in [6.07, 6.45) is 1.70. The molecule has 138 valence electrons. The van der Waals surface area contributed by atoms with E-state index in [4.69, 9.17) is 33.2 Å². The molecule has 4 nitrogen and oxygen atoms in total. The van der Waals surface area contributed by atoms with Crippen molar-refractivity contribution < 1.29 is 4.79 Å². The molecule has 2 bridgehead atoms. The van der Waals surface area contributed by atoms with Crippen molar-refractivity contribution in [3.05, 3.63) is 33.6 Å². The molecule has 2 aromatic rings. The Morgan fingerprint density at radius 3 is 2.12 bits per heavy atom. The summed E-state index contributed by atoms with van der Waals surface area (Å²) in [7, 11) is 0. The molecule has 0 unspecified atom stereocenters. The normalized spacial score (nSPS) is 28.6. The number of rotatable bonds is 2. The average Bonchev–Trinajstić information content (AvgIpc) is 2.83. The summed E-state index contributed by atoms with van der Waals surface area (Å²) in [5, 5.41) is 4.04. The van der Waals surface area contributed by atoms with Crippen LogP contribution in [0.25, 0.3) is 11.0 Å². The molecule has 26 heavy (non-hydrogen) atoms. The molecule has 1 N–H and O–H groups in total. The zero-order valence-corrected chi connectivity index (χ0v) is 17.2. The molecule has 2 aliphatic carbocycles. The van der Waals surface area contributed by atoms with E-state index in [1.54, 1.807) is 12.1 Å². The third-order valence-corrected chi connectivity index (χ3v) is 7.61. The Morgan fingerprint density at radius 1 is 1.04 bits per heavy atom. The van der Waals surface area contributed by atoms with Crippen LogP contribution in [-0.2, 0) is 15.6 Å². The van der Waals surface area contributed by atoms with E-state index in [0.29, 0.717) is 15.6 Å². The van der Waals surface area contributed by atoms with Gasteiger partial charge in [0.1, 0.15) is 0 Å². The maximum absolute atomic E-state index is 13.4. The molecule has 2 aliphatic rings. The molecule has 6 heteroatoms. The zero-order chi connectivity index (χ0) is 19.1. The average molecular weight is 392 g/mol. The van der Waals surface area contributed by atoms with Gasteiger partial charge < -0.3 is 5.32 Å². The summed E-state index contributed by atoms with van der Waals surface area (Å²) in [6.45, 7) is 10.5. The van der Waals surface area contributed by atoms with E-state index in [2.05, 4.69) is 26.1 Å². The second-order valence-electron chi connectivity index (χ2n) is 8.67. The highest BCUT2D eigenvalue weighted by atomic mass is 35.5. The van der Waals surface area contributed by atoms with Gasteiger partial charge in [-0.3, -0.25) is 4.79 Å². The van der Waals surface area contributed by atoms with E-state index in [0.717, 1.165) is 29.7 Å². The first-order valence-corrected chi connectivity index (χ1v) is 9.79. The fourth-order valence-corrected chi connectivity index (χ4v) is 5.30. The molecule has 1 amide bonds. The van der Waals surface area contributed by atoms with Gasteiger partial charge in [-0.05, 0) is 44.2 Å². The van der Waals surface area contributed by atoms with E-state index < -0.39 is 5.41 Å². The number of carbonyl (C=O) groups excluding carboxylic acids is 1. The van der Waals surface area contributed by atoms with Crippen molar-refractivity contribution in [3.63, 3.8) is 0 Å². The quantitative estimate of drug-likeness (QED) is 0.800. The number of fused-ring (bicyclic) bond motifs is 6. The van der Waals surface area contributed by atoms with Crippen LogP contribution in [-0.4, -0.2) is 21.9 Å². The molecule has 0 saturated heterocycles. The predicted octanol–water partition coefficient (Wildman–Crippen LogP) is 4.79. The number of hydrogen-bond acceptors (Lipinski definition) is 3. The topological polar surface area (TPSA) is 54.9 Å². The smallest absolute Gasteiger partial charge is 0.233 e. The number of nitrogens with one attached hydrogen (secondary N) is 1. The Morgan fingerprint density at radius 2 is 1.58 bits per heavy atom. The van der Waals surface area contributed by atoms with Gasteiger partial charge in [0.25, 0.3) is 0 Å². The summed E-state index contributed by atoms with van der Waals surface area (Å²) in [6, 6.07) is 3.57. The van der Waals surface area contributed by atoms with Crippen molar-refractivity contribution in [3.8, 4) is 0 Å². The van der Waals surface area contributed by atoms with Gasteiger partial charge in [0.2, 0.25) is 5.91 Å². The first-order chi connectivity index (χ1) is 12.0. The van der Waals surface area contributed by atoms with E-state index >= 15 is 0 Å². The highest BCUT2D eigenvalue weighted by Crippen LogP contribution is 2.70. The standard InChI is InChI=1S/C20H23Cl2N3O/c1-10(2)23-17(26)20-7-6-19(5,18(20,3)4)15-16(20)25-14-9-12(22)11(21)8-13(14)24-15/h8-10H,6-7H2,1-5H3,(H,23,26)/t19-,20+/m1/s1. The number of carbonyl (C=O) groups is 1. The zero-order valence-electron chi connectivity index (χ0n) is 15.7. The molecule has 2 atom stereocenters. The van der Waals surface area contributed by atoms with Crippen LogP contribution in [0.1, 0.15) is 58.8 Å². The minimum Gasteiger partial charge on any atom is -0.353 e. The molecule has 1 saturated carbocycles. The van der Waals surface area contributed by atoms with E-state index in [9.17, 15) is 4.79 Å². The maximum atomic E-state index is 13.4. The van der Waals surface area contributed by atoms with Gasteiger partial charge in [0, 0.05) is 11.5 Å². The van der Waals surface area contributed by atoms with Crippen molar-refractivity contribution in [1.82, 2.24) is 15.3 Å². The van der Waals surface area contributed by atoms with Gasteiger partial charge in [-0.25, -0.2) is 9.97 Å². The molecule has 0 spiro atoms. The summed E-state index contributed by atoms with van der Waals surface area (Å²) in [5.41, 5.74) is 1.98. The molecular weight excluding hydrogens is 369 g/mol. The monoisotopic (exact) mass is 391 g/mol. The van der Waals surface area contributed by atoms with Crippen LogP contribution in [0.4, 0.5) is 0 Å². The highest BCUT2D eigenvalue weighted by molar-refractivity contribution is 6.42. The Labute approximate surface area is 163 Å². The minimum absolute atomic E-state index is 0.0497. The molecule has 1 heterocycles. The van der Waals surface area contributed by atoms with Crippen LogP contribution in [0, 0.1) is 5.41 Å². The fourth-order valence-electron chi connectivity index (χ4n) is 4.99. The third-order valence-electron chi connectivity index (χ3n) is 6.89. The minimum atomic E-state index is -0.672. The van der Waals surface area contributed by atoms with E-state index in [-0.39, 0.29) is 22.8 Å². The molecular formula is C20H23Cl2N3O. The number of benzene rings is 1. The first kappa shape index (κ1) is 18.0. The summed E-state index contributed by atoms with van der Waals surface area (Å²) in [5.74, 6) is 0.0497. The number of halogens is 2. The lowest BCUT2D eigenvalue weighted by Crippen LogP contribution is -2.52. The molecule has 1 aromatic carbocycles. The molecule has 1 aromatic heterocycles. The summed E-state index contributed by atoms with van der Waals surface area (Å²) in [4.78, 5) is 23.2. The third kappa shape index (κ3) is 1.95. The Bertz CT molecular complexity index is 956. The van der Waals surface area contributed by atoms with Crippen LogP contribution in [0.3, 0.4) is 0 Å². The number of amides is 1. The van der Waals surface area contributed by atoms with Gasteiger partial charge >= 0.3 is 0 Å². The van der Waals surface area contributed by atoms with Crippen molar-refractivity contribution in [1.29, 1.82) is 0 Å².